The summed E-state index contributed by atoms with van der Waals surface area (Å²) in [6.07, 6.45) is 12.2. The van der Waals surface area contributed by atoms with E-state index in [1.165, 1.54) is 25.7 Å². The molecule has 4 aliphatic rings. The third kappa shape index (κ3) is 1.93. The molecule has 0 nitrogen and oxygen atoms in total. The molecule has 21 heavy (non-hydrogen) atoms. The Kier molecular flexibility index (Phi) is 2.98. The molecule has 4 fully saturated rings. The Morgan fingerprint density at radius 2 is 1.76 bits per heavy atom. The molecule has 0 saturated heterocycles. The van der Waals surface area contributed by atoms with Gasteiger partial charge in [-0.2, -0.15) is 0 Å². The van der Waals surface area contributed by atoms with Gasteiger partial charge in [-0.25, -0.2) is 0 Å². The van der Waals surface area contributed by atoms with Gasteiger partial charge in [-0.05, 0) is 84.4 Å². The van der Waals surface area contributed by atoms with Gasteiger partial charge >= 0.3 is 0 Å². The van der Waals surface area contributed by atoms with Gasteiger partial charge in [0.25, 0.3) is 0 Å². The fourth-order valence-corrected chi connectivity index (χ4v) is 7.75. The van der Waals surface area contributed by atoms with Crippen LogP contribution in [0.5, 0.6) is 0 Å². The molecule has 0 amide bonds. The van der Waals surface area contributed by atoms with Crippen molar-refractivity contribution in [2.24, 2.45) is 45.8 Å². The van der Waals surface area contributed by atoms with Gasteiger partial charge in [-0.15, -0.1) is 0 Å². The molecule has 4 saturated carbocycles. The van der Waals surface area contributed by atoms with E-state index in [9.17, 15) is 0 Å². The summed E-state index contributed by atoms with van der Waals surface area (Å²) in [5.41, 5.74) is 2.11. The third-order valence-corrected chi connectivity index (χ3v) is 8.94. The van der Waals surface area contributed by atoms with Crippen molar-refractivity contribution in [2.45, 2.75) is 86.0 Å². The summed E-state index contributed by atoms with van der Waals surface area (Å²) in [7, 11) is 0. The summed E-state index contributed by atoms with van der Waals surface area (Å²) in [5.74, 6) is 5.31. The molecule has 0 aromatic heterocycles. The molecular formula is C21H36. The second kappa shape index (κ2) is 4.30. The number of hydrogen-bond donors (Lipinski definition) is 0. The molecule has 0 aliphatic heterocycles. The van der Waals surface area contributed by atoms with Crippen LogP contribution < -0.4 is 0 Å². The summed E-state index contributed by atoms with van der Waals surface area (Å²) >= 11 is 0. The zero-order valence-electron chi connectivity index (χ0n) is 15.0. The smallest absolute Gasteiger partial charge is 0.0258 e. The fraction of sp³-hybridized carbons (Fsp3) is 1.00. The quantitative estimate of drug-likeness (QED) is 0.571. The average molecular weight is 289 g/mol. The first kappa shape index (κ1) is 14.6. The largest absolute Gasteiger partial charge is 0.0651 e. The fourth-order valence-electron chi connectivity index (χ4n) is 7.75. The van der Waals surface area contributed by atoms with Crippen molar-refractivity contribution >= 4 is 0 Å². The van der Waals surface area contributed by atoms with E-state index in [4.69, 9.17) is 0 Å². The molecule has 4 aliphatic carbocycles. The van der Waals surface area contributed by atoms with Crippen LogP contribution >= 0.6 is 0 Å². The molecule has 7 unspecified atom stereocenters. The van der Waals surface area contributed by atoms with E-state index < -0.39 is 0 Å². The van der Waals surface area contributed by atoms with Crippen LogP contribution in [0.15, 0.2) is 0 Å². The molecule has 0 heterocycles. The predicted molar refractivity (Wildman–Crippen MR) is 90.1 cm³/mol. The van der Waals surface area contributed by atoms with Gasteiger partial charge in [0, 0.05) is 0 Å². The Bertz CT molecular complexity index is 431. The first-order valence-corrected chi connectivity index (χ1v) is 9.86. The van der Waals surface area contributed by atoms with Crippen molar-refractivity contribution in [1.29, 1.82) is 0 Å². The standard InChI is InChI=1S/C21H36/c1-6-14-10-15(11-21(7-2)13-17(14)21)18-19(3,4)9-8-16-12-20(16,18)5/h14-18H,6-13H2,1-5H3. The van der Waals surface area contributed by atoms with Gasteiger partial charge < -0.3 is 0 Å². The summed E-state index contributed by atoms with van der Waals surface area (Å²) in [6, 6.07) is 0. The number of fused-ring (bicyclic) bond motifs is 2. The first-order chi connectivity index (χ1) is 9.86. The molecule has 0 N–H and O–H groups in total. The second-order valence-corrected chi connectivity index (χ2v) is 10.3. The van der Waals surface area contributed by atoms with Crippen LogP contribution in [-0.4, -0.2) is 0 Å². The topological polar surface area (TPSA) is 0 Å². The van der Waals surface area contributed by atoms with Gasteiger partial charge in [0.1, 0.15) is 0 Å². The van der Waals surface area contributed by atoms with Gasteiger partial charge in [-0.3, -0.25) is 0 Å². The van der Waals surface area contributed by atoms with Crippen molar-refractivity contribution in [3.05, 3.63) is 0 Å². The van der Waals surface area contributed by atoms with Crippen LogP contribution in [0, 0.1) is 45.8 Å². The maximum Gasteiger partial charge on any atom is -0.0258 e. The minimum Gasteiger partial charge on any atom is -0.0651 e. The highest BCUT2D eigenvalue weighted by atomic mass is 14.7. The van der Waals surface area contributed by atoms with Crippen molar-refractivity contribution in [3.63, 3.8) is 0 Å². The molecule has 0 radical (unpaired) electrons. The Balaban J connectivity index is 1.62. The summed E-state index contributed by atoms with van der Waals surface area (Å²) in [6.45, 7) is 12.8. The van der Waals surface area contributed by atoms with Crippen molar-refractivity contribution in [3.8, 4) is 0 Å². The van der Waals surface area contributed by atoms with Crippen LogP contribution in [0.4, 0.5) is 0 Å². The highest BCUT2D eigenvalue weighted by molar-refractivity contribution is 5.16. The highest BCUT2D eigenvalue weighted by Gasteiger charge is 2.67. The molecule has 0 spiro atoms. The maximum absolute atomic E-state index is 2.65. The maximum atomic E-state index is 2.65. The van der Waals surface area contributed by atoms with Crippen LogP contribution in [0.1, 0.15) is 86.0 Å². The lowest BCUT2D eigenvalue weighted by Gasteiger charge is -2.51. The molecular weight excluding hydrogens is 252 g/mol. The SMILES string of the molecule is CCC1CC(C2C(C)(C)CCC3CC32C)CC2(CC)CC12. The van der Waals surface area contributed by atoms with E-state index in [1.807, 2.05) is 0 Å². The van der Waals surface area contributed by atoms with Crippen LogP contribution in [0.2, 0.25) is 0 Å². The van der Waals surface area contributed by atoms with E-state index in [0.717, 1.165) is 40.4 Å². The van der Waals surface area contributed by atoms with E-state index >= 15 is 0 Å². The molecule has 7 atom stereocenters. The normalized spacial score (nSPS) is 57.3. The van der Waals surface area contributed by atoms with Gasteiger partial charge in [-0.1, -0.05) is 47.5 Å². The molecule has 0 bridgehead atoms. The lowest BCUT2D eigenvalue weighted by molar-refractivity contribution is -0.0170. The Morgan fingerprint density at radius 3 is 2.43 bits per heavy atom. The Morgan fingerprint density at radius 1 is 1.00 bits per heavy atom. The van der Waals surface area contributed by atoms with Crippen molar-refractivity contribution in [1.82, 2.24) is 0 Å². The molecule has 0 aromatic carbocycles. The Hall–Kier alpha value is 0. The van der Waals surface area contributed by atoms with E-state index in [-0.39, 0.29) is 0 Å². The number of rotatable bonds is 3. The summed E-state index contributed by atoms with van der Waals surface area (Å²) in [5, 5.41) is 0. The van der Waals surface area contributed by atoms with E-state index in [1.54, 1.807) is 25.7 Å². The highest BCUT2D eigenvalue weighted by Crippen LogP contribution is 2.75. The lowest BCUT2D eigenvalue weighted by Crippen LogP contribution is -2.43. The van der Waals surface area contributed by atoms with E-state index in [2.05, 4.69) is 34.6 Å². The molecule has 120 valence electrons. The number of hydrogen-bond acceptors (Lipinski definition) is 0. The summed E-state index contributed by atoms with van der Waals surface area (Å²) < 4.78 is 0. The van der Waals surface area contributed by atoms with Crippen LogP contribution in [0.3, 0.4) is 0 Å². The zero-order chi connectivity index (χ0) is 15.0. The predicted octanol–water partition coefficient (Wildman–Crippen LogP) is 6.30. The third-order valence-electron chi connectivity index (χ3n) is 8.94. The monoisotopic (exact) mass is 288 g/mol. The van der Waals surface area contributed by atoms with Gasteiger partial charge in [0.2, 0.25) is 0 Å². The minimum absolute atomic E-state index is 0.599. The Labute approximate surface area is 132 Å². The van der Waals surface area contributed by atoms with E-state index in [0.29, 0.717) is 5.41 Å². The molecule has 0 heteroatoms. The molecule has 4 rings (SSSR count). The molecule has 0 aromatic rings. The average Bonchev–Trinajstić information content (AvgIpc) is 3.30. The second-order valence-electron chi connectivity index (χ2n) is 10.3. The van der Waals surface area contributed by atoms with Gasteiger partial charge in [0.05, 0.1) is 0 Å². The first-order valence-electron chi connectivity index (χ1n) is 9.86. The lowest BCUT2D eigenvalue weighted by atomic mass is 9.54. The zero-order valence-corrected chi connectivity index (χ0v) is 15.0. The van der Waals surface area contributed by atoms with Crippen molar-refractivity contribution in [2.75, 3.05) is 0 Å². The van der Waals surface area contributed by atoms with Crippen molar-refractivity contribution < 1.29 is 0 Å². The van der Waals surface area contributed by atoms with Crippen LogP contribution in [-0.2, 0) is 0 Å². The minimum atomic E-state index is 0.599. The van der Waals surface area contributed by atoms with Crippen LogP contribution in [0.25, 0.3) is 0 Å². The summed E-state index contributed by atoms with van der Waals surface area (Å²) in [4.78, 5) is 0. The van der Waals surface area contributed by atoms with Gasteiger partial charge in [0.15, 0.2) is 0 Å².